The van der Waals surface area contributed by atoms with E-state index in [4.69, 9.17) is 4.74 Å². The lowest BCUT2D eigenvalue weighted by Gasteiger charge is -2.13. The molecule has 18 heavy (non-hydrogen) atoms. The molecule has 0 bridgehead atoms. The quantitative estimate of drug-likeness (QED) is 0.494. The second-order valence-electron chi connectivity index (χ2n) is 4.71. The lowest BCUT2D eigenvalue weighted by molar-refractivity contribution is -0.148. The van der Waals surface area contributed by atoms with E-state index in [1.807, 2.05) is 37.3 Å². The van der Waals surface area contributed by atoms with Crippen LogP contribution in [0.4, 0.5) is 0 Å². The molecule has 100 valence electrons. The predicted octanol–water partition coefficient (Wildman–Crippen LogP) is 4.65. The summed E-state index contributed by atoms with van der Waals surface area (Å²) in [6.45, 7) is 4.11. The van der Waals surface area contributed by atoms with E-state index in [0.717, 1.165) is 18.4 Å². The maximum Gasteiger partial charge on any atom is 0.306 e. The zero-order chi connectivity index (χ0) is 13.2. The van der Waals surface area contributed by atoms with E-state index in [9.17, 15) is 4.79 Å². The highest BCUT2D eigenvalue weighted by Crippen LogP contribution is 2.17. The Hall–Kier alpha value is -1.31. The average molecular weight is 248 g/mol. The van der Waals surface area contributed by atoms with E-state index < -0.39 is 0 Å². The Morgan fingerprint density at radius 3 is 2.44 bits per heavy atom. The zero-order valence-electron chi connectivity index (χ0n) is 11.5. The predicted molar refractivity (Wildman–Crippen MR) is 74.3 cm³/mol. The molecule has 0 N–H and O–H groups in total. The number of ether oxygens (including phenoxy) is 1. The molecule has 0 saturated carbocycles. The van der Waals surface area contributed by atoms with Gasteiger partial charge in [0.15, 0.2) is 0 Å². The summed E-state index contributed by atoms with van der Waals surface area (Å²) in [4.78, 5) is 11.6. The van der Waals surface area contributed by atoms with Crippen LogP contribution in [-0.2, 0) is 9.53 Å². The van der Waals surface area contributed by atoms with E-state index in [1.165, 1.54) is 19.3 Å². The summed E-state index contributed by atoms with van der Waals surface area (Å²) in [5.41, 5.74) is 1.05. The summed E-state index contributed by atoms with van der Waals surface area (Å²) in [6, 6.07) is 9.86. The lowest BCUT2D eigenvalue weighted by atomic mass is 10.1. The van der Waals surface area contributed by atoms with Crippen molar-refractivity contribution in [3.8, 4) is 0 Å². The molecule has 0 aliphatic carbocycles. The van der Waals surface area contributed by atoms with Gasteiger partial charge in [0.2, 0.25) is 0 Å². The molecule has 0 aliphatic heterocycles. The van der Waals surface area contributed by atoms with E-state index in [2.05, 4.69) is 6.92 Å². The highest BCUT2D eigenvalue weighted by Gasteiger charge is 2.10. The van der Waals surface area contributed by atoms with Crippen LogP contribution in [0.3, 0.4) is 0 Å². The fourth-order valence-corrected chi connectivity index (χ4v) is 1.92. The number of rotatable bonds is 8. The van der Waals surface area contributed by atoms with Crippen molar-refractivity contribution in [1.82, 2.24) is 0 Å². The molecule has 1 aromatic rings. The van der Waals surface area contributed by atoms with Gasteiger partial charge in [0.05, 0.1) is 0 Å². The second kappa shape index (κ2) is 8.73. The van der Waals surface area contributed by atoms with Crippen LogP contribution in [0.2, 0.25) is 0 Å². The van der Waals surface area contributed by atoms with Crippen molar-refractivity contribution in [2.45, 2.75) is 58.5 Å². The summed E-state index contributed by atoms with van der Waals surface area (Å²) < 4.78 is 5.40. The van der Waals surface area contributed by atoms with Gasteiger partial charge in [-0.15, -0.1) is 0 Å². The SMILES string of the molecule is CCCCCCCC(=O)O[C@H](C)c1ccccc1. The molecule has 0 unspecified atom stereocenters. The maximum atomic E-state index is 11.6. The number of hydrogen-bond donors (Lipinski definition) is 0. The van der Waals surface area contributed by atoms with Crippen LogP contribution in [0.15, 0.2) is 30.3 Å². The Morgan fingerprint density at radius 2 is 1.78 bits per heavy atom. The van der Waals surface area contributed by atoms with Crippen molar-refractivity contribution in [2.24, 2.45) is 0 Å². The van der Waals surface area contributed by atoms with Crippen LogP contribution in [0, 0.1) is 0 Å². The molecule has 0 radical (unpaired) electrons. The summed E-state index contributed by atoms with van der Waals surface area (Å²) in [7, 11) is 0. The van der Waals surface area contributed by atoms with E-state index in [-0.39, 0.29) is 12.1 Å². The fourth-order valence-electron chi connectivity index (χ4n) is 1.92. The Bertz CT molecular complexity index is 332. The van der Waals surface area contributed by atoms with Gasteiger partial charge in [-0.25, -0.2) is 0 Å². The molecule has 0 heterocycles. The molecule has 0 aromatic heterocycles. The van der Waals surface area contributed by atoms with Gasteiger partial charge in [-0.1, -0.05) is 62.9 Å². The summed E-state index contributed by atoms with van der Waals surface area (Å²) in [5, 5.41) is 0. The van der Waals surface area contributed by atoms with E-state index in [0.29, 0.717) is 6.42 Å². The first kappa shape index (κ1) is 14.7. The summed E-state index contributed by atoms with van der Waals surface area (Å²) in [6.07, 6.45) is 6.18. The highest BCUT2D eigenvalue weighted by molar-refractivity contribution is 5.69. The van der Waals surface area contributed by atoms with Gasteiger partial charge in [-0.2, -0.15) is 0 Å². The van der Waals surface area contributed by atoms with Crippen molar-refractivity contribution in [3.63, 3.8) is 0 Å². The third-order valence-corrected chi connectivity index (χ3v) is 3.06. The van der Waals surface area contributed by atoms with Crippen molar-refractivity contribution >= 4 is 5.97 Å². The van der Waals surface area contributed by atoms with Crippen LogP contribution < -0.4 is 0 Å². The van der Waals surface area contributed by atoms with Gasteiger partial charge in [0, 0.05) is 6.42 Å². The van der Waals surface area contributed by atoms with Gasteiger partial charge in [-0.05, 0) is 18.9 Å². The molecule has 2 nitrogen and oxygen atoms in total. The molecule has 0 amide bonds. The monoisotopic (exact) mass is 248 g/mol. The first-order valence-electron chi connectivity index (χ1n) is 6.98. The van der Waals surface area contributed by atoms with Crippen molar-refractivity contribution in [3.05, 3.63) is 35.9 Å². The van der Waals surface area contributed by atoms with Crippen molar-refractivity contribution in [1.29, 1.82) is 0 Å². The first-order chi connectivity index (χ1) is 8.74. The third kappa shape index (κ3) is 5.85. The molecular weight excluding hydrogens is 224 g/mol. The number of benzene rings is 1. The van der Waals surface area contributed by atoms with E-state index in [1.54, 1.807) is 0 Å². The molecule has 0 spiro atoms. The number of carbonyl (C=O) groups excluding carboxylic acids is 1. The number of carbonyl (C=O) groups is 1. The largest absolute Gasteiger partial charge is 0.458 e. The van der Waals surface area contributed by atoms with Gasteiger partial charge < -0.3 is 4.74 Å². The number of unbranched alkanes of at least 4 members (excludes halogenated alkanes) is 4. The molecule has 1 atom stereocenters. The maximum absolute atomic E-state index is 11.6. The average Bonchev–Trinajstić information content (AvgIpc) is 2.39. The Balaban J connectivity index is 2.20. The van der Waals surface area contributed by atoms with Crippen LogP contribution in [0.1, 0.15) is 64.0 Å². The molecular formula is C16H24O2. The van der Waals surface area contributed by atoms with Gasteiger partial charge in [0.25, 0.3) is 0 Å². The fraction of sp³-hybridized carbons (Fsp3) is 0.562. The van der Waals surface area contributed by atoms with Gasteiger partial charge >= 0.3 is 5.97 Å². The zero-order valence-corrected chi connectivity index (χ0v) is 11.5. The standard InChI is InChI=1S/C16H24O2/c1-3-4-5-6-10-13-16(17)18-14(2)15-11-8-7-9-12-15/h7-9,11-12,14H,3-6,10,13H2,1-2H3/t14-/m1/s1. The van der Waals surface area contributed by atoms with Crippen LogP contribution in [-0.4, -0.2) is 5.97 Å². The van der Waals surface area contributed by atoms with E-state index >= 15 is 0 Å². The summed E-state index contributed by atoms with van der Waals surface area (Å²) >= 11 is 0. The minimum atomic E-state index is -0.144. The molecule has 1 rings (SSSR count). The smallest absolute Gasteiger partial charge is 0.306 e. The summed E-state index contributed by atoms with van der Waals surface area (Å²) in [5.74, 6) is -0.0807. The normalized spacial score (nSPS) is 12.1. The molecule has 1 aromatic carbocycles. The molecule has 0 aliphatic rings. The topological polar surface area (TPSA) is 26.3 Å². The van der Waals surface area contributed by atoms with Crippen molar-refractivity contribution < 1.29 is 9.53 Å². The number of hydrogen-bond acceptors (Lipinski definition) is 2. The molecule has 2 heteroatoms. The third-order valence-electron chi connectivity index (χ3n) is 3.06. The Morgan fingerprint density at radius 1 is 1.11 bits per heavy atom. The second-order valence-corrected chi connectivity index (χ2v) is 4.71. The van der Waals surface area contributed by atoms with Crippen molar-refractivity contribution in [2.75, 3.05) is 0 Å². The van der Waals surface area contributed by atoms with Crippen LogP contribution in [0.25, 0.3) is 0 Å². The Labute approximate surface area is 110 Å². The Kier molecular flexibility index (Phi) is 7.16. The molecule has 0 fully saturated rings. The minimum absolute atomic E-state index is 0.0807. The van der Waals surface area contributed by atoms with Gasteiger partial charge in [-0.3, -0.25) is 4.79 Å². The van der Waals surface area contributed by atoms with Crippen LogP contribution >= 0.6 is 0 Å². The lowest BCUT2D eigenvalue weighted by Crippen LogP contribution is -2.08. The molecule has 0 saturated heterocycles. The highest BCUT2D eigenvalue weighted by atomic mass is 16.5. The van der Waals surface area contributed by atoms with Crippen LogP contribution in [0.5, 0.6) is 0 Å². The first-order valence-corrected chi connectivity index (χ1v) is 6.98. The minimum Gasteiger partial charge on any atom is -0.458 e. The van der Waals surface area contributed by atoms with Gasteiger partial charge in [0.1, 0.15) is 6.10 Å². The number of esters is 1.